The standard InChI is InChI=1S/C21H30ClN3O3/c1-4-20(26)23-15-12-18(24(3)13-15)21(27)25-9-7-16(8-10-25)28-19-11-14(2)5-6-17(19)22/h5-6,11,15-16,18H,4,7-10,12-13H2,1-3H3,(H,23,26). The second-order valence-electron chi connectivity index (χ2n) is 7.89. The van der Waals surface area contributed by atoms with Crippen molar-refractivity contribution in [3.63, 3.8) is 0 Å². The van der Waals surface area contributed by atoms with Gasteiger partial charge in [0.05, 0.1) is 11.1 Å². The molecular formula is C21H30ClN3O3. The average Bonchev–Trinajstić information content (AvgIpc) is 3.04. The van der Waals surface area contributed by atoms with Crippen LogP contribution in [0.2, 0.25) is 5.02 Å². The minimum Gasteiger partial charge on any atom is -0.489 e. The van der Waals surface area contributed by atoms with Gasteiger partial charge in [0.25, 0.3) is 0 Å². The molecule has 7 heteroatoms. The molecule has 2 aliphatic heterocycles. The second-order valence-corrected chi connectivity index (χ2v) is 8.29. The largest absolute Gasteiger partial charge is 0.489 e. The van der Waals surface area contributed by atoms with Crippen molar-refractivity contribution in [2.45, 2.75) is 57.7 Å². The van der Waals surface area contributed by atoms with E-state index in [2.05, 4.69) is 10.2 Å². The molecule has 2 fully saturated rings. The predicted octanol–water partition coefficient (Wildman–Crippen LogP) is 2.62. The monoisotopic (exact) mass is 407 g/mol. The van der Waals surface area contributed by atoms with E-state index in [-0.39, 0.29) is 30.0 Å². The van der Waals surface area contributed by atoms with Crippen molar-refractivity contribution in [2.75, 3.05) is 26.7 Å². The lowest BCUT2D eigenvalue weighted by atomic mass is 10.0. The smallest absolute Gasteiger partial charge is 0.240 e. The van der Waals surface area contributed by atoms with Crippen molar-refractivity contribution in [3.05, 3.63) is 28.8 Å². The number of likely N-dealkylation sites (tertiary alicyclic amines) is 2. The lowest BCUT2D eigenvalue weighted by Crippen LogP contribution is -2.48. The molecule has 154 valence electrons. The number of halogens is 1. The van der Waals surface area contributed by atoms with E-state index in [9.17, 15) is 9.59 Å². The summed E-state index contributed by atoms with van der Waals surface area (Å²) in [7, 11) is 1.95. The van der Waals surface area contributed by atoms with Gasteiger partial charge in [-0.3, -0.25) is 14.5 Å². The molecule has 1 aromatic rings. The molecule has 0 aromatic heterocycles. The Morgan fingerprint density at radius 1 is 1.29 bits per heavy atom. The topological polar surface area (TPSA) is 61.9 Å². The molecule has 0 aliphatic carbocycles. The zero-order chi connectivity index (χ0) is 20.3. The van der Waals surface area contributed by atoms with Crippen LogP contribution in [0, 0.1) is 6.92 Å². The van der Waals surface area contributed by atoms with Crippen molar-refractivity contribution < 1.29 is 14.3 Å². The van der Waals surface area contributed by atoms with E-state index in [1.807, 2.05) is 44.0 Å². The summed E-state index contributed by atoms with van der Waals surface area (Å²) in [5.41, 5.74) is 1.11. The molecule has 28 heavy (non-hydrogen) atoms. The van der Waals surface area contributed by atoms with E-state index >= 15 is 0 Å². The number of aryl methyl sites for hydroxylation is 1. The summed E-state index contributed by atoms with van der Waals surface area (Å²) < 4.78 is 6.09. The number of amides is 2. The van der Waals surface area contributed by atoms with Gasteiger partial charge >= 0.3 is 0 Å². The van der Waals surface area contributed by atoms with Gasteiger partial charge < -0.3 is 15.0 Å². The number of nitrogens with zero attached hydrogens (tertiary/aromatic N) is 2. The lowest BCUT2D eigenvalue weighted by Gasteiger charge is -2.35. The van der Waals surface area contributed by atoms with Crippen LogP contribution in [0.5, 0.6) is 5.75 Å². The van der Waals surface area contributed by atoms with Gasteiger partial charge in [-0.1, -0.05) is 24.6 Å². The van der Waals surface area contributed by atoms with Crippen LogP contribution >= 0.6 is 11.6 Å². The molecule has 2 saturated heterocycles. The average molecular weight is 408 g/mol. The van der Waals surface area contributed by atoms with Crippen molar-refractivity contribution in [1.82, 2.24) is 15.1 Å². The van der Waals surface area contributed by atoms with Crippen molar-refractivity contribution in [1.29, 1.82) is 0 Å². The van der Waals surface area contributed by atoms with Gasteiger partial charge in [0, 0.05) is 44.9 Å². The van der Waals surface area contributed by atoms with Gasteiger partial charge in [-0.2, -0.15) is 0 Å². The highest BCUT2D eigenvalue weighted by atomic mass is 35.5. The van der Waals surface area contributed by atoms with E-state index in [0.29, 0.717) is 37.5 Å². The number of carbonyl (C=O) groups is 2. The third-order valence-electron chi connectivity index (χ3n) is 5.65. The molecule has 6 nitrogen and oxygen atoms in total. The highest BCUT2D eigenvalue weighted by molar-refractivity contribution is 6.32. The third-order valence-corrected chi connectivity index (χ3v) is 5.97. The first-order valence-electron chi connectivity index (χ1n) is 10.1. The number of piperidine rings is 1. The molecule has 1 aromatic carbocycles. The normalized spacial score (nSPS) is 23.6. The van der Waals surface area contributed by atoms with Crippen LogP contribution in [0.15, 0.2) is 18.2 Å². The number of nitrogens with one attached hydrogen (secondary N) is 1. The van der Waals surface area contributed by atoms with Crippen LogP contribution in [0.25, 0.3) is 0 Å². The van der Waals surface area contributed by atoms with E-state index < -0.39 is 0 Å². The van der Waals surface area contributed by atoms with Crippen LogP contribution in [-0.4, -0.2) is 66.5 Å². The number of hydrogen-bond acceptors (Lipinski definition) is 4. The summed E-state index contributed by atoms with van der Waals surface area (Å²) in [6.07, 6.45) is 2.81. The summed E-state index contributed by atoms with van der Waals surface area (Å²) in [4.78, 5) is 28.6. The predicted molar refractivity (Wildman–Crippen MR) is 110 cm³/mol. The summed E-state index contributed by atoms with van der Waals surface area (Å²) in [5, 5.41) is 3.63. The third kappa shape index (κ3) is 4.97. The molecule has 2 unspecified atom stereocenters. The Morgan fingerprint density at radius 3 is 2.68 bits per heavy atom. The first-order chi connectivity index (χ1) is 13.4. The van der Waals surface area contributed by atoms with E-state index in [4.69, 9.17) is 16.3 Å². The fourth-order valence-corrected chi connectivity index (χ4v) is 4.17. The van der Waals surface area contributed by atoms with E-state index in [1.54, 1.807) is 0 Å². The Balaban J connectivity index is 1.51. The highest BCUT2D eigenvalue weighted by Crippen LogP contribution is 2.29. The molecule has 2 heterocycles. The van der Waals surface area contributed by atoms with Crippen LogP contribution in [0.3, 0.4) is 0 Å². The molecule has 2 amide bonds. The molecule has 0 bridgehead atoms. The van der Waals surface area contributed by atoms with Crippen LogP contribution in [0.4, 0.5) is 0 Å². The maximum absolute atomic E-state index is 13.0. The number of hydrogen-bond donors (Lipinski definition) is 1. The zero-order valence-corrected chi connectivity index (χ0v) is 17.7. The Hall–Kier alpha value is -1.79. The molecule has 0 radical (unpaired) electrons. The first kappa shape index (κ1) is 20.9. The second kappa shape index (κ2) is 9.14. The van der Waals surface area contributed by atoms with Gasteiger partial charge in [0.1, 0.15) is 11.9 Å². The minimum atomic E-state index is -0.161. The van der Waals surface area contributed by atoms with E-state index in [0.717, 1.165) is 24.2 Å². The van der Waals surface area contributed by atoms with Crippen LogP contribution in [-0.2, 0) is 9.59 Å². The summed E-state index contributed by atoms with van der Waals surface area (Å²) >= 11 is 6.23. The van der Waals surface area contributed by atoms with Gasteiger partial charge in [0.2, 0.25) is 11.8 Å². The van der Waals surface area contributed by atoms with Gasteiger partial charge in [-0.25, -0.2) is 0 Å². The van der Waals surface area contributed by atoms with Gasteiger partial charge in [-0.15, -0.1) is 0 Å². The lowest BCUT2D eigenvalue weighted by molar-refractivity contribution is -0.137. The SMILES string of the molecule is CCC(=O)NC1CC(C(=O)N2CCC(Oc3cc(C)ccc3Cl)CC2)N(C)C1. The van der Waals surface area contributed by atoms with Gasteiger partial charge in [0.15, 0.2) is 0 Å². The molecule has 3 rings (SSSR count). The number of likely N-dealkylation sites (N-methyl/N-ethyl adjacent to an activating group) is 1. The molecular weight excluding hydrogens is 378 g/mol. The molecule has 2 aliphatic rings. The maximum Gasteiger partial charge on any atom is 0.240 e. The zero-order valence-electron chi connectivity index (χ0n) is 16.9. The maximum atomic E-state index is 13.0. The summed E-state index contributed by atoms with van der Waals surface area (Å²) in [6, 6.07) is 5.67. The van der Waals surface area contributed by atoms with Crippen LogP contribution < -0.4 is 10.1 Å². The number of carbonyl (C=O) groups excluding carboxylic acids is 2. The fourth-order valence-electron chi connectivity index (χ4n) is 4.01. The van der Waals surface area contributed by atoms with E-state index in [1.165, 1.54) is 0 Å². The number of benzene rings is 1. The Morgan fingerprint density at radius 2 is 2.00 bits per heavy atom. The fraction of sp³-hybridized carbons (Fsp3) is 0.619. The van der Waals surface area contributed by atoms with Crippen molar-refractivity contribution >= 4 is 23.4 Å². The molecule has 1 N–H and O–H groups in total. The van der Waals surface area contributed by atoms with Crippen molar-refractivity contribution in [2.24, 2.45) is 0 Å². The number of rotatable bonds is 5. The Labute approximate surface area is 172 Å². The Bertz CT molecular complexity index is 719. The molecule has 2 atom stereocenters. The van der Waals surface area contributed by atoms with Crippen molar-refractivity contribution in [3.8, 4) is 5.75 Å². The molecule has 0 saturated carbocycles. The Kier molecular flexibility index (Phi) is 6.83. The van der Waals surface area contributed by atoms with Crippen LogP contribution in [0.1, 0.15) is 38.2 Å². The molecule has 0 spiro atoms. The summed E-state index contributed by atoms with van der Waals surface area (Å²) in [5.74, 6) is 0.915. The number of ether oxygens (including phenoxy) is 1. The highest BCUT2D eigenvalue weighted by Gasteiger charge is 2.38. The minimum absolute atomic E-state index is 0.0410. The van der Waals surface area contributed by atoms with Gasteiger partial charge in [-0.05, 0) is 38.1 Å². The quantitative estimate of drug-likeness (QED) is 0.815. The summed E-state index contributed by atoms with van der Waals surface area (Å²) in [6.45, 7) is 5.94. The first-order valence-corrected chi connectivity index (χ1v) is 10.5.